The highest BCUT2D eigenvalue weighted by molar-refractivity contribution is 9.10. The van der Waals surface area contributed by atoms with Crippen LogP contribution in [0.15, 0.2) is 16.7 Å². The van der Waals surface area contributed by atoms with E-state index in [1.807, 2.05) is 6.07 Å². The van der Waals surface area contributed by atoms with E-state index in [0.717, 1.165) is 16.0 Å². The Bertz CT molecular complexity index is 326. The number of rotatable bonds is 3. The molecule has 14 heavy (non-hydrogen) atoms. The Labute approximate surface area is 92.0 Å². The number of nitrogens with one attached hydrogen (secondary N) is 1. The molecule has 0 aromatic carbocycles. The average molecular weight is 257 g/mol. The third kappa shape index (κ3) is 2.00. The van der Waals surface area contributed by atoms with Crippen LogP contribution in [0.1, 0.15) is 19.3 Å². The van der Waals surface area contributed by atoms with Crippen LogP contribution in [0, 0.1) is 0 Å². The number of pyridine rings is 1. The highest BCUT2D eigenvalue weighted by Gasteiger charge is 2.17. The average Bonchev–Trinajstić information content (AvgIpc) is 2.14. The fourth-order valence-electron chi connectivity index (χ4n) is 1.42. The summed E-state index contributed by atoms with van der Waals surface area (Å²) < 4.78 is 6.08. The smallest absolute Gasteiger partial charge is 0.138 e. The van der Waals surface area contributed by atoms with E-state index in [-0.39, 0.29) is 0 Å². The van der Waals surface area contributed by atoms with Crippen molar-refractivity contribution in [1.82, 2.24) is 4.98 Å². The van der Waals surface area contributed by atoms with Crippen LogP contribution in [0.4, 0.5) is 5.82 Å². The first kappa shape index (κ1) is 9.77. The van der Waals surface area contributed by atoms with Gasteiger partial charge in [0, 0.05) is 18.3 Å². The minimum absolute atomic E-state index is 0.605. The number of methoxy groups -OCH3 is 1. The van der Waals surface area contributed by atoms with Crippen molar-refractivity contribution in [3.05, 3.63) is 16.7 Å². The zero-order valence-corrected chi connectivity index (χ0v) is 9.67. The molecule has 0 amide bonds. The predicted molar refractivity (Wildman–Crippen MR) is 59.8 cm³/mol. The highest BCUT2D eigenvalue weighted by atomic mass is 79.9. The SMILES string of the molecule is COc1cc(NC2CCC2)ncc1Br. The van der Waals surface area contributed by atoms with E-state index >= 15 is 0 Å². The number of aromatic nitrogens is 1. The maximum Gasteiger partial charge on any atom is 0.138 e. The highest BCUT2D eigenvalue weighted by Crippen LogP contribution is 2.28. The van der Waals surface area contributed by atoms with Crippen molar-refractivity contribution in [3.8, 4) is 5.75 Å². The van der Waals surface area contributed by atoms with Crippen LogP contribution in [0.3, 0.4) is 0 Å². The number of ether oxygens (including phenoxy) is 1. The van der Waals surface area contributed by atoms with Crippen LogP contribution in [-0.2, 0) is 0 Å². The molecule has 1 aliphatic carbocycles. The largest absolute Gasteiger partial charge is 0.495 e. The molecule has 1 heterocycles. The van der Waals surface area contributed by atoms with Gasteiger partial charge in [-0.1, -0.05) is 0 Å². The van der Waals surface area contributed by atoms with Gasteiger partial charge in [0.25, 0.3) is 0 Å². The Balaban J connectivity index is 2.09. The minimum Gasteiger partial charge on any atom is -0.495 e. The van der Waals surface area contributed by atoms with Crippen molar-refractivity contribution >= 4 is 21.7 Å². The molecule has 0 radical (unpaired) electrons. The predicted octanol–water partition coefficient (Wildman–Crippen LogP) is 2.82. The molecular formula is C10H13BrN2O. The van der Waals surface area contributed by atoms with Crippen LogP contribution in [0.5, 0.6) is 5.75 Å². The number of anilines is 1. The van der Waals surface area contributed by atoms with Crippen molar-refractivity contribution in [1.29, 1.82) is 0 Å². The second kappa shape index (κ2) is 4.17. The fourth-order valence-corrected chi connectivity index (χ4v) is 1.80. The van der Waals surface area contributed by atoms with E-state index in [1.54, 1.807) is 13.3 Å². The van der Waals surface area contributed by atoms with Gasteiger partial charge < -0.3 is 10.1 Å². The van der Waals surface area contributed by atoms with Gasteiger partial charge in [0.1, 0.15) is 11.6 Å². The van der Waals surface area contributed by atoms with Gasteiger partial charge in [0.15, 0.2) is 0 Å². The number of halogens is 1. The van der Waals surface area contributed by atoms with Gasteiger partial charge in [0.2, 0.25) is 0 Å². The molecule has 0 aliphatic heterocycles. The van der Waals surface area contributed by atoms with Crippen molar-refractivity contribution in [2.45, 2.75) is 25.3 Å². The first-order valence-corrected chi connectivity index (χ1v) is 5.55. The van der Waals surface area contributed by atoms with Gasteiger partial charge in [-0.15, -0.1) is 0 Å². The molecule has 76 valence electrons. The molecule has 0 spiro atoms. The summed E-state index contributed by atoms with van der Waals surface area (Å²) in [6.45, 7) is 0. The minimum atomic E-state index is 0.605. The monoisotopic (exact) mass is 256 g/mol. The molecule has 1 aromatic heterocycles. The molecule has 1 fully saturated rings. The van der Waals surface area contributed by atoms with E-state index in [0.29, 0.717) is 6.04 Å². The van der Waals surface area contributed by atoms with Gasteiger partial charge in [-0.2, -0.15) is 0 Å². The zero-order valence-electron chi connectivity index (χ0n) is 8.09. The summed E-state index contributed by atoms with van der Waals surface area (Å²) in [6.07, 6.45) is 5.59. The second-order valence-corrected chi connectivity index (χ2v) is 4.33. The van der Waals surface area contributed by atoms with E-state index in [4.69, 9.17) is 4.74 Å². The lowest BCUT2D eigenvalue weighted by atomic mass is 9.93. The van der Waals surface area contributed by atoms with Gasteiger partial charge in [-0.3, -0.25) is 0 Å². The van der Waals surface area contributed by atoms with Crippen molar-refractivity contribution < 1.29 is 4.74 Å². The molecule has 0 bridgehead atoms. The molecule has 1 saturated carbocycles. The lowest BCUT2D eigenvalue weighted by Gasteiger charge is -2.27. The van der Waals surface area contributed by atoms with E-state index in [1.165, 1.54) is 19.3 Å². The van der Waals surface area contributed by atoms with Crippen LogP contribution < -0.4 is 10.1 Å². The summed E-state index contributed by atoms with van der Waals surface area (Å²) in [6, 6.07) is 2.52. The first-order valence-electron chi connectivity index (χ1n) is 4.75. The Kier molecular flexibility index (Phi) is 2.91. The van der Waals surface area contributed by atoms with Crippen LogP contribution >= 0.6 is 15.9 Å². The van der Waals surface area contributed by atoms with Crippen LogP contribution in [0.2, 0.25) is 0 Å². The molecule has 4 heteroatoms. The molecule has 0 saturated heterocycles. The molecule has 0 unspecified atom stereocenters. The number of nitrogens with zero attached hydrogens (tertiary/aromatic N) is 1. The van der Waals surface area contributed by atoms with Crippen LogP contribution in [-0.4, -0.2) is 18.1 Å². The molecule has 1 aliphatic rings. The summed E-state index contributed by atoms with van der Waals surface area (Å²) >= 11 is 3.37. The van der Waals surface area contributed by atoms with E-state index < -0.39 is 0 Å². The second-order valence-electron chi connectivity index (χ2n) is 3.48. The summed E-state index contributed by atoms with van der Waals surface area (Å²) in [4.78, 5) is 4.27. The Morgan fingerprint density at radius 3 is 2.93 bits per heavy atom. The van der Waals surface area contributed by atoms with E-state index in [2.05, 4.69) is 26.2 Å². The molecule has 0 atom stereocenters. The van der Waals surface area contributed by atoms with Crippen molar-refractivity contribution in [3.63, 3.8) is 0 Å². The van der Waals surface area contributed by atoms with Crippen LogP contribution in [0.25, 0.3) is 0 Å². The molecular weight excluding hydrogens is 244 g/mol. The maximum atomic E-state index is 5.19. The zero-order chi connectivity index (χ0) is 9.97. The molecule has 2 rings (SSSR count). The number of hydrogen-bond acceptors (Lipinski definition) is 3. The Morgan fingerprint density at radius 1 is 1.57 bits per heavy atom. The topological polar surface area (TPSA) is 34.1 Å². The van der Waals surface area contributed by atoms with Crippen molar-refractivity contribution in [2.75, 3.05) is 12.4 Å². The third-order valence-corrected chi connectivity index (χ3v) is 3.09. The Morgan fingerprint density at radius 2 is 2.36 bits per heavy atom. The summed E-state index contributed by atoms with van der Waals surface area (Å²) in [5.41, 5.74) is 0. The maximum absolute atomic E-state index is 5.19. The standard InChI is InChI=1S/C10H13BrN2O/c1-14-9-5-10(12-6-8(9)11)13-7-3-2-4-7/h5-7H,2-4H2,1H3,(H,12,13). The fraction of sp³-hybridized carbons (Fsp3) is 0.500. The van der Waals surface area contributed by atoms with Gasteiger partial charge in [0.05, 0.1) is 11.6 Å². The van der Waals surface area contributed by atoms with Gasteiger partial charge in [-0.25, -0.2) is 4.98 Å². The third-order valence-electron chi connectivity index (χ3n) is 2.50. The summed E-state index contributed by atoms with van der Waals surface area (Å²) in [5.74, 6) is 1.72. The quantitative estimate of drug-likeness (QED) is 0.904. The molecule has 1 aromatic rings. The lowest BCUT2D eigenvalue weighted by molar-refractivity contribution is 0.411. The Hall–Kier alpha value is -0.770. The van der Waals surface area contributed by atoms with Gasteiger partial charge in [-0.05, 0) is 35.2 Å². The number of hydrogen-bond donors (Lipinski definition) is 1. The summed E-state index contributed by atoms with van der Waals surface area (Å²) in [7, 11) is 1.66. The van der Waals surface area contributed by atoms with Crippen molar-refractivity contribution in [2.24, 2.45) is 0 Å². The summed E-state index contributed by atoms with van der Waals surface area (Å²) in [5, 5.41) is 3.37. The van der Waals surface area contributed by atoms with E-state index in [9.17, 15) is 0 Å². The van der Waals surface area contributed by atoms with Gasteiger partial charge >= 0.3 is 0 Å². The molecule has 1 N–H and O–H groups in total. The lowest BCUT2D eigenvalue weighted by Crippen LogP contribution is -2.27. The normalized spacial score (nSPS) is 16.1. The molecule has 3 nitrogen and oxygen atoms in total. The first-order chi connectivity index (χ1) is 6.79.